The van der Waals surface area contributed by atoms with Gasteiger partial charge in [0, 0.05) is 18.7 Å². The molecule has 0 fully saturated rings. The fraction of sp³-hybridized carbons (Fsp3) is 0.333. The fourth-order valence-corrected chi connectivity index (χ4v) is 4.18. The van der Waals surface area contributed by atoms with Crippen LogP contribution in [0.1, 0.15) is 30.5 Å². The van der Waals surface area contributed by atoms with Gasteiger partial charge in [-0.15, -0.1) is 0 Å². The number of para-hydroxylation sites is 1. The molecule has 3 rings (SSSR count). The Labute approximate surface area is 159 Å². The molecule has 1 heterocycles. The van der Waals surface area contributed by atoms with E-state index in [2.05, 4.69) is 0 Å². The number of amides is 2. The summed E-state index contributed by atoms with van der Waals surface area (Å²) in [5.41, 5.74) is 4.60. The smallest absolute Gasteiger partial charge is 0.247 e. The predicted molar refractivity (Wildman–Crippen MR) is 106 cm³/mol. The highest BCUT2D eigenvalue weighted by molar-refractivity contribution is 6.34. The van der Waals surface area contributed by atoms with Gasteiger partial charge in [0.2, 0.25) is 11.8 Å². The van der Waals surface area contributed by atoms with E-state index in [0.29, 0.717) is 10.7 Å². The number of benzene rings is 2. The molecule has 0 aliphatic carbocycles. The maximum atomic E-state index is 13.1. The Morgan fingerprint density at radius 1 is 1.23 bits per heavy atom. The first-order chi connectivity index (χ1) is 12.3. The topological polar surface area (TPSA) is 40.6 Å². The average molecular weight is 371 g/mol. The second kappa shape index (κ2) is 7.12. The van der Waals surface area contributed by atoms with Crippen molar-refractivity contribution in [2.45, 2.75) is 40.2 Å². The van der Waals surface area contributed by atoms with Crippen LogP contribution in [0, 0.1) is 13.8 Å². The summed E-state index contributed by atoms with van der Waals surface area (Å²) in [6, 6.07) is 11.8. The maximum absolute atomic E-state index is 13.1. The van der Waals surface area contributed by atoms with E-state index in [1.54, 1.807) is 4.90 Å². The zero-order valence-electron chi connectivity index (χ0n) is 15.5. The molecular weight excluding hydrogens is 348 g/mol. The van der Waals surface area contributed by atoms with Crippen molar-refractivity contribution in [1.82, 2.24) is 0 Å². The minimum absolute atomic E-state index is 0.0301. The van der Waals surface area contributed by atoms with Gasteiger partial charge in [0.1, 0.15) is 6.54 Å². The van der Waals surface area contributed by atoms with Crippen LogP contribution in [0.5, 0.6) is 0 Å². The van der Waals surface area contributed by atoms with Crippen molar-refractivity contribution >= 4 is 34.8 Å². The van der Waals surface area contributed by atoms with E-state index in [9.17, 15) is 9.59 Å². The molecule has 0 aromatic heterocycles. The molecule has 1 aliphatic rings. The van der Waals surface area contributed by atoms with Crippen molar-refractivity contribution in [2.24, 2.45) is 0 Å². The SMILES string of the molecule is CC(=O)N(CC(=O)N1c2ccccc2CC1C)c1c(C)cc(C)cc1Cl. The number of anilines is 2. The van der Waals surface area contributed by atoms with Crippen LogP contribution in [0.4, 0.5) is 11.4 Å². The number of nitrogens with zero attached hydrogens (tertiary/aromatic N) is 2. The molecule has 1 unspecified atom stereocenters. The highest BCUT2D eigenvalue weighted by Crippen LogP contribution is 2.34. The van der Waals surface area contributed by atoms with Crippen LogP contribution in [-0.4, -0.2) is 24.4 Å². The van der Waals surface area contributed by atoms with Crippen LogP contribution in [0.25, 0.3) is 0 Å². The number of carbonyl (C=O) groups is 2. The van der Waals surface area contributed by atoms with Crippen LogP contribution in [0.15, 0.2) is 36.4 Å². The zero-order valence-corrected chi connectivity index (χ0v) is 16.3. The lowest BCUT2D eigenvalue weighted by Gasteiger charge is -2.29. The van der Waals surface area contributed by atoms with E-state index in [1.165, 1.54) is 11.8 Å². The lowest BCUT2D eigenvalue weighted by molar-refractivity contribution is -0.121. The summed E-state index contributed by atoms with van der Waals surface area (Å²) in [5.74, 6) is -0.305. The van der Waals surface area contributed by atoms with E-state index in [1.807, 2.05) is 57.2 Å². The number of hydrogen-bond donors (Lipinski definition) is 0. The Bertz CT molecular complexity index is 855. The summed E-state index contributed by atoms with van der Waals surface area (Å²) in [4.78, 5) is 28.7. The standard InChI is InChI=1S/C21H23ClN2O2/c1-13-9-14(2)21(18(22)10-13)23(16(4)25)12-20(26)24-15(3)11-17-7-5-6-8-19(17)24/h5-10,15H,11-12H2,1-4H3. The molecule has 1 aliphatic heterocycles. The quantitative estimate of drug-likeness (QED) is 0.808. The van der Waals surface area contributed by atoms with Crippen LogP contribution in [0.3, 0.4) is 0 Å². The molecule has 2 amide bonds. The molecular formula is C21H23ClN2O2. The predicted octanol–water partition coefficient (Wildman–Crippen LogP) is 4.29. The molecule has 0 N–H and O–H groups in total. The molecule has 136 valence electrons. The Morgan fingerprint density at radius 3 is 2.58 bits per heavy atom. The largest absolute Gasteiger partial charge is 0.307 e. The number of halogens is 1. The molecule has 0 saturated heterocycles. The third-order valence-corrected chi connectivity index (χ3v) is 5.11. The second-order valence-corrected chi connectivity index (χ2v) is 7.37. The summed E-state index contributed by atoms with van der Waals surface area (Å²) in [6.45, 7) is 7.32. The van der Waals surface area contributed by atoms with Gasteiger partial charge >= 0.3 is 0 Å². The second-order valence-electron chi connectivity index (χ2n) is 6.96. The first-order valence-corrected chi connectivity index (χ1v) is 9.12. The molecule has 1 atom stereocenters. The van der Waals surface area contributed by atoms with Crippen LogP contribution < -0.4 is 9.80 Å². The van der Waals surface area contributed by atoms with Gasteiger partial charge in [-0.1, -0.05) is 35.9 Å². The summed E-state index contributed by atoms with van der Waals surface area (Å²) in [5, 5.41) is 0.486. The van der Waals surface area contributed by atoms with Crippen LogP contribution in [-0.2, 0) is 16.0 Å². The third kappa shape index (κ3) is 3.34. The molecule has 0 bridgehead atoms. The van der Waals surface area contributed by atoms with E-state index < -0.39 is 0 Å². The van der Waals surface area contributed by atoms with Gasteiger partial charge < -0.3 is 9.80 Å². The Balaban J connectivity index is 1.93. The van der Waals surface area contributed by atoms with Crippen LogP contribution >= 0.6 is 11.6 Å². The van der Waals surface area contributed by atoms with E-state index >= 15 is 0 Å². The fourth-order valence-electron chi connectivity index (χ4n) is 3.75. The Morgan fingerprint density at radius 2 is 1.92 bits per heavy atom. The minimum atomic E-state index is -0.202. The number of rotatable bonds is 3. The van der Waals surface area contributed by atoms with Gasteiger partial charge in [-0.05, 0) is 56.0 Å². The summed E-state index contributed by atoms with van der Waals surface area (Å²) >= 11 is 6.41. The molecule has 0 spiro atoms. The average Bonchev–Trinajstić information content (AvgIpc) is 2.88. The normalized spacial score (nSPS) is 15.7. The first-order valence-electron chi connectivity index (χ1n) is 8.74. The summed E-state index contributed by atoms with van der Waals surface area (Å²) < 4.78 is 0. The molecule has 26 heavy (non-hydrogen) atoms. The van der Waals surface area contributed by atoms with E-state index in [-0.39, 0.29) is 24.4 Å². The van der Waals surface area contributed by atoms with Crippen molar-refractivity contribution in [3.05, 3.63) is 58.1 Å². The van der Waals surface area contributed by atoms with Gasteiger partial charge in [0.15, 0.2) is 0 Å². The van der Waals surface area contributed by atoms with Crippen molar-refractivity contribution < 1.29 is 9.59 Å². The monoisotopic (exact) mass is 370 g/mol. The van der Waals surface area contributed by atoms with Crippen LogP contribution in [0.2, 0.25) is 5.02 Å². The molecule has 5 heteroatoms. The van der Waals surface area contributed by atoms with Gasteiger partial charge in [0.25, 0.3) is 0 Å². The lowest BCUT2D eigenvalue weighted by Crippen LogP contribution is -2.45. The third-order valence-electron chi connectivity index (χ3n) is 4.82. The Hall–Kier alpha value is -2.33. The molecule has 0 radical (unpaired) electrons. The van der Waals surface area contributed by atoms with Gasteiger partial charge in [0.05, 0.1) is 10.7 Å². The zero-order chi connectivity index (χ0) is 19.0. The minimum Gasteiger partial charge on any atom is -0.307 e. The van der Waals surface area contributed by atoms with Crippen molar-refractivity contribution in [3.63, 3.8) is 0 Å². The molecule has 2 aromatic carbocycles. The Kier molecular flexibility index (Phi) is 5.05. The van der Waals surface area contributed by atoms with Crippen molar-refractivity contribution in [2.75, 3.05) is 16.3 Å². The number of aryl methyl sites for hydroxylation is 2. The first kappa shape index (κ1) is 18.5. The van der Waals surface area contributed by atoms with Gasteiger partial charge in [-0.2, -0.15) is 0 Å². The van der Waals surface area contributed by atoms with E-state index in [4.69, 9.17) is 11.6 Å². The summed E-state index contributed by atoms with van der Waals surface area (Å²) in [6.07, 6.45) is 0.826. The van der Waals surface area contributed by atoms with Gasteiger partial charge in [-0.25, -0.2) is 0 Å². The van der Waals surface area contributed by atoms with Crippen molar-refractivity contribution in [1.29, 1.82) is 0 Å². The molecule has 0 saturated carbocycles. The lowest BCUT2D eigenvalue weighted by atomic mass is 10.1. The van der Waals surface area contributed by atoms with Crippen molar-refractivity contribution in [3.8, 4) is 0 Å². The summed E-state index contributed by atoms with van der Waals surface area (Å²) in [7, 11) is 0. The van der Waals surface area contributed by atoms with E-state index in [0.717, 1.165) is 28.8 Å². The number of fused-ring (bicyclic) bond motifs is 1. The number of hydrogen-bond acceptors (Lipinski definition) is 2. The molecule has 4 nitrogen and oxygen atoms in total. The highest BCUT2D eigenvalue weighted by atomic mass is 35.5. The number of carbonyl (C=O) groups excluding carboxylic acids is 2. The van der Waals surface area contributed by atoms with Gasteiger partial charge in [-0.3, -0.25) is 9.59 Å². The maximum Gasteiger partial charge on any atom is 0.247 e. The highest BCUT2D eigenvalue weighted by Gasteiger charge is 2.32. The molecule has 2 aromatic rings.